The maximum atomic E-state index is 12.8. The zero-order valence-electron chi connectivity index (χ0n) is 12.6. The Bertz CT molecular complexity index is 441. The van der Waals surface area contributed by atoms with Crippen LogP contribution in [-0.2, 0) is 11.3 Å². The summed E-state index contributed by atoms with van der Waals surface area (Å²) in [7, 11) is 0. The van der Waals surface area contributed by atoms with Crippen molar-refractivity contribution in [2.45, 2.75) is 46.1 Å². The molecule has 2 atom stereocenters. The van der Waals surface area contributed by atoms with Crippen molar-refractivity contribution in [3.63, 3.8) is 0 Å². The van der Waals surface area contributed by atoms with E-state index in [1.165, 1.54) is 12.8 Å². The lowest BCUT2D eigenvalue weighted by atomic mass is 9.96. The standard InChI is InChI=1S/C17H26N2O/c1-3-11-19(15-9-7-14(12-18)8-10-15)17(20)16-6-4-5-13(16)2/h7-10,13,16H,3-6,11-12,18H2,1-2H3. The van der Waals surface area contributed by atoms with Crippen LogP contribution in [0.1, 0.15) is 45.1 Å². The molecule has 1 saturated carbocycles. The van der Waals surface area contributed by atoms with E-state index in [0.29, 0.717) is 18.4 Å². The van der Waals surface area contributed by atoms with Gasteiger partial charge in [0.2, 0.25) is 5.91 Å². The molecule has 0 saturated heterocycles. The highest BCUT2D eigenvalue weighted by atomic mass is 16.2. The van der Waals surface area contributed by atoms with E-state index >= 15 is 0 Å². The molecular formula is C17H26N2O. The molecular weight excluding hydrogens is 248 g/mol. The number of nitrogens with zero attached hydrogens (tertiary/aromatic N) is 1. The lowest BCUT2D eigenvalue weighted by Crippen LogP contribution is -2.37. The van der Waals surface area contributed by atoms with Gasteiger partial charge in [0.25, 0.3) is 0 Å². The Morgan fingerprint density at radius 1 is 1.30 bits per heavy atom. The molecule has 3 nitrogen and oxygen atoms in total. The normalized spacial score (nSPS) is 21.9. The first kappa shape index (κ1) is 15.0. The highest BCUT2D eigenvalue weighted by Crippen LogP contribution is 2.33. The number of anilines is 1. The summed E-state index contributed by atoms with van der Waals surface area (Å²) in [5.41, 5.74) is 7.74. The molecule has 1 amide bonds. The van der Waals surface area contributed by atoms with Crippen LogP contribution in [0, 0.1) is 11.8 Å². The van der Waals surface area contributed by atoms with Crippen LogP contribution < -0.4 is 10.6 Å². The van der Waals surface area contributed by atoms with Crippen LogP contribution in [0.15, 0.2) is 24.3 Å². The number of rotatable bonds is 5. The fraction of sp³-hybridized carbons (Fsp3) is 0.588. The Labute approximate surface area is 122 Å². The molecule has 0 aliphatic heterocycles. The van der Waals surface area contributed by atoms with E-state index in [1.54, 1.807) is 0 Å². The second kappa shape index (κ2) is 6.89. The van der Waals surface area contributed by atoms with Gasteiger partial charge in [-0.1, -0.05) is 32.4 Å². The van der Waals surface area contributed by atoms with Crippen LogP contribution in [0.25, 0.3) is 0 Å². The molecule has 1 aromatic carbocycles. The monoisotopic (exact) mass is 274 g/mol. The first-order valence-corrected chi connectivity index (χ1v) is 7.77. The zero-order valence-corrected chi connectivity index (χ0v) is 12.6. The average Bonchev–Trinajstić information content (AvgIpc) is 2.90. The first-order valence-electron chi connectivity index (χ1n) is 7.77. The Balaban J connectivity index is 2.18. The van der Waals surface area contributed by atoms with Crippen molar-refractivity contribution in [2.24, 2.45) is 17.6 Å². The van der Waals surface area contributed by atoms with Crippen LogP contribution in [0.5, 0.6) is 0 Å². The van der Waals surface area contributed by atoms with E-state index in [2.05, 4.69) is 13.8 Å². The molecule has 1 aliphatic rings. The van der Waals surface area contributed by atoms with Crippen LogP contribution in [-0.4, -0.2) is 12.5 Å². The molecule has 0 radical (unpaired) electrons. The molecule has 2 rings (SSSR count). The molecule has 20 heavy (non-hydrogen) atoms. The summed E-state index contributed by atoms with van der Waals surface area (Å²) in [5, 5.41) is 0. The minimum absolute atomic E-state index is 0.204. The summed E-state index contributed by atoms with van der Waals surface area (Å²) < 4.78 is 0. The molecule has 0 aromatic heterocycles. The summed E-state index contributed by atoms with van der Waals surface area (Å²) in [6.45, 7) is 5.66. The average molecular weight is 274 g/mol. The molecule has 110 valence electrons. The lowest BCUT2D eigenvalue weighted by molar-refractivity contribution is -0.123. The lowest BCUT2D eigenvalue weighted by Gasteiger charge is -2.27. The van der Waals surface area contributed by atoms with E-state index < -0.39 is 0 Å². The fourth-order valence-electron chi connectivity index (χ4n) is 3.11. The molecule has 1 aliphatic carbocycles. The summed E-state index contributed by atoms with van der Waals surface area (Å²) in [6, 6.07) is 8.08. The van der Waals surface area contributed by atoms with E-state index in [1.807, 2.05) is 29.2 Å². The third-order valence-corrected chi connectivity index (χ3v) is 4.38. The van der Waals surface area contributed by atoms with Crippen LogP contribution in [0.3, 0.4) is 0 Å². The highest BCUT2D eigenvalue weighted by molar-refractivity contribution is 5.95. The van der Waals surface area contributed by atoms with E-state index in [9.17, 15) is 4.79 Å². The van der Waals surface area contributed by atoms with Crippen molar-refractivity contribution in [3.8, 4) is 0 Å². The number of hydrogen-bond donors (Lipinski definition) is 1. The summed E-state index contributed by atoms with van der Waals surface area (Å²) in [6.07, 6.45) is 4.39. The van der Waals surface area contributed by atoms with Gasteiger partial charge in [-0.15, -0.1) is 0 Å². The third kappa shape index (κ3) is 3.21. The predicted octanol–water partition coefficient (Wildman–Crippen LogP) is 3.32. The van der Waals surface area contributed by atoms with Gasteiger partial charge in [0.05, 0.1) is 0 Å². The van der Waals surface area contributed by atoms with Crippen LogP contribution >= 0.6 is 0 Å². The Morgan fingerprint density at radius 2 is 2.00 bits per heavy atom. The molecule has 0 spiro atoms. The molecule has 1 fully saturated rings. The smallest absolute Gasteiger partial charge is 0.230 e. The first-order chi connectivity index (χ1) is 9.67. The van der Waals surface area contributed by atoms with Gasteiger partial charge in [0.1, 0.15) is 0 Å². The van der Waals surface area contributed by atoms with Crippen molar-refractivity contribution in [1.29, 1.82) is 0 Å². The second-order valence-corrected chi connectivity index (χ2v) is 5.88. The zero-order chi connectivity index (χ0) is 14.5. The van der Waals surface area contributed by atoms with Gasteiger partial charge < -0.3 is 10.6 Å². The highest BCUT2D eigenvalue weighted by Gasteiger charge is 2.33. The van der Waals surface area contributed by atoms with Crippen molar-refractivity contribution < 1.29 is 4.79 Å². The van der Waals surface area contributed by atoms with E-state index in [4.69, 9.17) is 5.73 Å². The summed E-state index contributed by atoms with van der Waals surface area (Å²) in [4.78, 5) is 14.8. The van der Waals surface area contributed by atoms with Gasteiger partial charge in [-0.25, -0.2) is 0 Å². The Kier molecular flexibility index (Phi) is 5.18. The maximum absolute atomic E-state index is 12.8. The fourth-order valence-corrected chi connectivity index (χ4v) is 3.11. The number of benzene rings is 1. The number of nitrogens with two attached hydrogens (primary N) is 1. The summed E-state index contributed by atoms with van der Waals surface area (Å²) in [5.74, 6) is 1.03. The molecule has 2 N–H and O–H groups in total. The van der Waals surface area contributed by atoms with Gasteiger partial charge >= 0.3 is 0 Å². The molecule has 0 bridgehead atoms. The van der Waals surface area contributed by atoms with E-state index in [-0.39, 0.29) is 5.92 Å². The number of carbonyl (C=O) groups excluding carboxylic acids is 1. The summed E-state index contributed by atoms with van der Waals surface area (Å²) >= 11 is 0. The number of amides is 1. The SMILES string of the molecule is CCCN(C(=O)C1CCCC1C)c1ccc(CN)cc1. The van der Waals surface area contributed by atoms with Crippen LogP contribution in [0.4, 0.5) is 5.69 Å². The topological polar surface area (TPSA) is 46.3 Å². The third-order valence-electron chi connectivity index (χ3n) is 4.38. The number of carbonyl (C=O) groups is 1. The molecule has 2 unspecified atom stereocenters. The quantitative estimate of drug-likeness (QED) is 0.895. The predicted molar refractivity (Wildman–Crippen MR) is 83.5 cm³/mol. The van der Waals surface area contributed by atoms with Crippen LogP contribution in [0.2, 0.25) is 0 Å². The van der Waals surface area contributed by atoms with Crippen molar-refractivity contribution in [2.75, 3.05) is 11.4 Å². The Morgan fingerprint density at radius 3 is 2.50 bits per heavy atom. The van der Waals surface area contributed by atoms with Gasteiger partial charge in [0.15, 0.2) is 0 Å². The Hall–Kier alpha value is -1.35. The largest absolute Gasteiger partial charge is 0.326 e. The van der Waals surface area contributed by atoms with Gasteiger partial charge in [-0.2, -0.15) is 0 Å². The molecule has 3 heteroatoms. The minimum Gasteiger partial charge on any atom is -0.326 e. The van der Waals surface area contributed by atoms with Gasteiger partial charge in [-0.3, -0.25) is 4.79 Å². The van der Waals surface area contributed by atoms with Crippen molar-refractivity contribution >= 4 is 11.6 Å². The van der Waals surface area contributed by atoms with Gasteiger partial charge in [-0.05, 0) is 42.9 Å². The molecule has 0 heterocycles. The van der Waals surface area contributed by atoms with Crippen molar-refractivity contribution in [3.05, 3.63) is 29.8 Å². The van der Waals surface area contributed by atoms with Crippen molar-refractivity contribution in [1.82, 2.24) is 0 Å². The maximum Gasteiger partial charge on any atom is 0.230 e. The minimum atomic E-state index is 0.204. The van der Waals surface area contributed by atoms with Gasteiger partial charge in [0, 0.05) is 24.7 Å². The number of hydrogen-bond acceptors (Lipinski definition) is 2. The van der Waals surface area contributed by atoms with E-state index in [0.717, 1.165) is 30.6 Å². The second-order valence-electron chi connectivity index (χ2n) is 5.88. The molecule has 1 aromatic rings.